The molecule has 0 aliphatic carbocycles. The van der Waals surface area contributed by atoms with E-state index in [1.165, 1.54) is 5.56 Å². The number of carboxylic acids is 1. The van der Waals surface area contributed by atoms with Crippen LogP contribution in [0.4, 0.5) is 0 Å². The van der Waals surface area contributed by atoms with Gasteiger partial charge in [-0.05, 0) is 40.0 Å². The summed E-state index contributed by atoms with van der Waals surface area (Å²) in [5.41, 5.74) is 4.18. The fourth-order valence-corrected chi connectivity index (χ4v) is 3.19. The average molecular weight is 324 g/mol. The summed E-state index contributed by atoms with van der Waals surface area (Å²) in [7, 11) is 0. The minimum absolute atomic E-state index is 0.314. The number of benzene rings is 2. The highest BCUT2D eigenvalue weighted by molar-refractivity contribution is 5.77. The van der Waals surface area contributed by atoms with E-state index >= 15 is 0 Å². The Balaban J connectivity index is 2.24. The molecule has 0 radical (unpaired) electrons. The quantitative estimate of drug-likeness (QED) is 0.758. The molecule has 1 atom stereocenters. The van der Waals surface area contributed by atoms with Crippen LogP contribution in [0.15, 0.2) is 48.5 Å². The predicted octanol–water partition coefficient (Wildman–Crippen LogP) is 5.77. The van der Waals surface area contributed by atoms with Gasteiger partial charge in [-0.2, -0.15) is 0 Å². The lowest BCUT2D eigenvalue weighted by atomic mass is 9.76. The maximum Gasteiger partial charge on any atom is 0.311 e. The first-order valence-electron chi connectivity index (χ1n) is 8.60. The van der Waals surface area contributed by atoms with Gasteiger partial charge in [0.05, 0.1) is 5.92 Å². The third-order valence-corrected chi connectivity index (χ3v) is 4.29. The van der Waals surface area contributed by atoms with Crippen molar-refractivity contribution in [3.8, 4) is 11.1 Å². The van der Waals surface area contributed by atoms with Crippen LogP contribution in [0.3, 0.4) is 0 Å². The number of hydrogen-bond donors (Lipinski definition) is 1. The van der Waals surface area contributed by atoms with Gasteiger partial charge in [0.2, 0.25) is 0 Å². The van der Waals surface area contributed by atoms with E-state index in [2.05, 4.69) is 38.1 Å². The van der Waals surface area contributed by atoms with Crippen molar-refractivity contribution in [1.82, 2.24) is 0 Å². The molecule has 2 aromatic carbocycles. The van der Waals surface area contributed by atoms with E-state index in [4.69, 9.17) is 0 Å². The second-order valence-corrected chi connectivity index (χ2v) is 8.05. The van der Waals surface area contributed by atoms with Crippen LogP contribution < -0.4 is 0 Å². The Morgan fingerprint density at radius 3 is 1.75 bits per heavy atom. The molecule has 128 valence electrons. The van der Waals surface area contributed by atoms with Crippen molar-refractivity contribution in [2.45, 2.75) is 47.0 Å². The number of rotatable bonds is 5. The molecule has 0 amide bonds. The summed E-state index contributed by atoms with van der Waals surface area (Å²) in [4.78, 5) is 11.6. The van der Waals surface area contributed by atoms with E-state index in [1.54, 1.807) is 0 Å². The van der Waals surface area contributed by atoms with Gasteiger partial charge in [0.25, 0.3) is 0 Å². The zero-order valence-corrected chi connectivity index (χ0v) is 15.3. The Bertz CT molecular complexity index is 673. The van der Waals surface area contributed by atoms with E-state index < -0.39 is 11.9 Å². The maximum atomic E-state index is 11.6. The van der Waals surface area contributed by atoms with Crippen molar-refractivity contribution in [2.24, 2.45) is 11.3 Å². The highest BCUT2D eigenvalue weighted by Crippen LogP contribution is 2.36. The molecule has 0 saturated heterocycles. The van der Waals surface area contributed by atoms with Gasteiger partial charge < -0.3 is 5.11 Å². The summed E-state index contributed by atoms with van der Waals surface area (Å²) >= 11 is 0. The van der Waals surface area contributed by atoms with E-state index in [-0.39, 0.29) is 5.41 Å². The zero-order chi connectivity index (χ0) is 17.9. The van der Waals surface area contributed by atoms with Gasteiger partial charge in [-0.15, -0.1) is 0 Å². The average Bonchev–Trinajstić information content (AvgIpc) is 2.46. The summed E-state index contributed by atoms with van der Waals surface area (Å²) in [6.45, 7) is 10.3. The second kappa shape index (κ2) is 7.21. The molecule has 0 aliphatic heterocycles. The first-order chi connectivity index (χ1) is 11.2. The molecular weight excluding hydrogens is 296 g/mol. The molecule has 0 spiro atoms. The molecule has 2 nitrogen and oxygen atoms in total. The van der Waals surface area contributed by atoms with Gasteiger partial charge in [0.15, 0.2) is 0 Å². The molecule has 0 bridgehead atoms. The molecule has 0 heterocycles. The Morgan fingerprint density at radius 1 is 0.917 bits per heavy atom. The summed E-state index contributed by atoms with van der Waals surface area (Å²) in [6.07, 6.45) is 1.09. The third kappa shape index (κ3) is 4.47. The molecule has 2 rings (SSSR count). The van der Waals surface area contributed by atoms with Crippen LogP contribution >= 0.6 is 0 Å². The Hall–Kier alpha value is -2.09. The largest absolute Gasteiger partial charge is 0.481 e. The Morgan fingerprint density at radius 2 is 1.38 bits per heavy atom. The zero-order valence-electron chi connectivity index (χ0n) is 15.3. The lowest BCUT2D eigenvalue weighted by molar-refractivity contribution is -0.141. The highest BCUT2D eigenvalue weighted by atomic mass is 16.4. The number of carboxylic acid groups (broad SMARTS) is 1. The van der Waals surface area contributed by atoms with Crippen LogP contribution in [0, 0.1) is 11.3 Å². The molecule has 0 aromatic heterocycles. The van der Waals surface area contributed by atoms with Crippen LogP contribution in [0.2, 0.25) is 0 Å². The predicted molar refractivity (Wildman–Crippen MR) is 100 cm³/mol. The van der Waals surface area contributed by atoms with Gasteiger partial charge in [-0.25, -0.2) is 0 Å². The highest BCUT2D eigenvalue weighted by Gasteiger charge is 2.32. The van der Waals surface area contributed by atoms with Crippen molar-refractivity contribution < 1.29 is 9.90 Å². The van der Waals surface area contributed by atoms with Crippen LogP contribution in [-0.4, -0.2) is 11.1 Å². The van der Waals surface area contributed by atoms with Crippen LogP contribution in [0.5, 0.6) is 0 Å². The van der Waals surface area contributed by atoms with Crippen LogP contribution in [0.25, 0.3) is 11.1 Å². The minimum Gasteiger partial charge on any atom is -0.481 e. The second-order valence-electron chi connectivity index (χ2n) is 8.05. The van der Waals surface area contributed by atoms with E-state index in [9.17, 15) is 9.90 Å². The molecule has 24 heavy (non-hydrogen) atoms. The summed E-state index contributed by atoms with van der Waals surface area (Å²) in [6, 6.07) is 16.6. The Labute approximate surface area is 145 Å². The molecule has 1 unspecified atom stereocenters. The lowest BCUT2D eigenvalue weighted by Crippen LogP contribution is -2.26. The van der Waals surface area contributed by atoms with E-state index in [0.717, 1.165) is 23.1 Å². The van der Waals surface area contributed by atoms with Crippen molar-refractivity contribution in [3.05, 3.63) is 59.7 Å². The van der Waals surface area contributed by atoms with Gasteiger partial charge in [0.1, 0.15) is 0 Å². The summed E-state index contributed by atoms with van der Waals surface area (Å²) in [5, 5.41) is 9.55. The van der Waals surface area contributed by atoms with Gasteiger partial charge in [-0.1, -0.05) is 83.1 Å². The topological polar surface area (TPSA) is 37.3 Å². The van der Waals surface area contributed by atoms with Crippen molar-refractivity contribution in [2.75, 3.05) is 0 Å². The lowest BCUT2D eigenvalue weighted by Gasteiger charge is -2.27. The fourth-order valence-electron chi connectivity index (χ4n) is 3.19. The van der Waals surface area contributed by atoms with E-state index in [0.29, 0.717) is 5.92 Å². The fraction of sp³-hybridized carbons (Fsp3) is 0.409. The standard InChI is InChI=1S/C22H28O2/c1-15(2)14-16-6-8-17(9-7-16)18-10-12-19(13-11-18)20(21(23)24)22(3,4)5/h6-13,15,20H,14H2,1-5H3,(H,23,24). The van der Waals surface area contributed by atoms with Gasteiger partial charge in [-0.3, -0.25) is 4.79 Å². The van der Waals surface area contributed by atoms with Gasteiger partial charge >= 0.3 is 5.97 Å². The van der Waals surface area contributed by atoms with E-state index in [1.807, 2.05) is 45.0 Å². The minimum atomic E-state index is -0.770. The van der Waals surface area contributed by atoms with Crippen molar-refractivity contribution >= 4 is 5.97 Å². The molecular formula is C22H28O2. The van der Waals surface area contributed by atoms with Gasteiger partial charge in [0, 0.05) is 0 Å². The van der Waals surface area contributed by atoms with Crippen LogP contribution in [0.1, 0.15) is 51.7 Å². The van der Waals surface area contributed by atoms with Crippen LogP contribution in [-0.2, 0) is 11.2 Å². The maximum absolute atomic E-state index is 11.6. The first-order valence-corrected chi connectivity index (χ1v) is 8.60. The Kier molecular flexibility index (Phi) is 5.48. The third-order valence-electron chi connectivity index (χ3n) is 4.29. The first kappa shape index (κ1) is 18.3. The molecule has 1 N–H and O–H groups in total. The number of carbonyl (C=O) groups is 1. The molecule has 0 saturated carbocycles. The molecule has 0 fully saturated rings. The molecule has 0 aliphatic rings. The summed E-state index contributed by atoms with van der Waals surface area (Å²) < 4.78 is 0. The molecule has 2 aromatic rings. The smallest absolute Gasteiger partial charge is 0.311 e. The summed E-state index contributed by atoms with van der Waals surface area (Å²) in [5.74, 6) is -0.617. The van der Waals surface area contributed by atoms with Crippen molar-refractivity contribution in [1.29, 1.82) is 0 Å². The number of hydrogen-bond acceptors (Lipinski definition) is 1. The monoisotopic (exact) mass is 324 g/mol. The SMILES string of the molecule is CC(C)Cc1ccc(-c2ccc(C(C(=O)O)C(C)(C)C)cc2)cc1. The normalized spacial score (nSPS) is 13.1. The molecule has 2 heteroatoms. The number of aliphatic carboxylic acids is 1. The van der Waals surface area contributed by atoms with Crippen molar-refractivity contribution in [3.63, 3.8) is 0 Å².